The molecule has 15 heavy (non-hydrogen) atoms. The summed E-state index contributed by atoms with van der Waals surface area (Å²) in [7, 11) is 2.20. The highest BCUT2D eigenvalue weighted by molar-refractivity contribution is 7.09. The van der Waals surface area contributed by atoms with Gasteiger partial charge in [0.15, 0.2) is 0 Å². The first-order chi connectivity index (χ1) is 7.29. The Labute approximate surface area is 93.4 Å². The quantitative estimate of drug-likeness (QED) is 0.373. The van der Waals surface area contributed by atoms with Gasteiger partial charge in [-0.2, -0.15) is 0 Å². The summed E-state index contributed by atoms with van der Waals surface area (Å²) < 4.78 is 4.94. The van der Waals surface area contributed by atoms with Crippen LogP contribution in [-0.2, 0) is 11.1 Å². The van der Waals surface area contributed by atoms with Crippen molar-refractivity contribution in [1.82, 2.24) is 0 Å². The van der Waals surface area contributed by atoms with Crippen LogP contribution in [0.25, 0.3) is 0 Å². The van der Waals surface area contributed by atoms with E-state index in [2.05, 4.69) is 14.6 Å². The lowest BCUT2D eigenvalue weighted by molar-refractivity contribution is 0.318. The van der Waals surface area contributed by atoms with E-state index in [1.807, 2.05) is 38.1 Å². The van der Waals surface area contributed by atoms with E-state index in [-0.39, 0.29) is 0 Å². The Morgan fingerprint density at radius 1 is 1.40 bits per heavy atom. The zero-order chi connectivity index (χ0) is 11.7. The second-order valence-electron chi connectivity index (χ2n) is 2.65. The van der Waals surface area contributed by atoms with Crippen molar-refractivity contribution in [3.63, 3.8) is 0 Å². The van der Waals surface area contributed by atoms with Crippen molar-refractivity contribution in [2.45, 2.75) is 27.4 Å². The number of hydrogen-bond acceptors (Lipinski definition) is 3. The van der Waals surface area contributed by atoms with Gasteiger partial charge in [-0.3, -0.25) is 0 Å². The van der Waals surface area contributed by atoms with E-state index in [9.17, 15) is 0 Å². The monoisotopic (exact) mass is 227 g/mol. The lowest BCUT2D eigenvalue weighted by atomic mass is 10.0. The molecule has 0 aliphatic carbocycles. The van der Waals surface area contributed by atoms with Crippen molar-refractivity contribution in [3.8, 4) is 0 Å². The third kappa shape index (κ3) is 4.41. The fourth-order valence-corrected chi connectivity index (χ4v) is 1.32. The van der Waals surface area contributed by atoms with E-state index in [0.717, 1.165) is 11.1 Å². The molecule has 1 unspecified atom stereocenters. The minimum absolute atomic E-state index is 0.494. The molecule has 0 aliphatic rings. The molecule has 1 rings (SSSR count). The van der Waals surface area contributed by atoms with Crippen molar-refractivity contribution in [3.05, 3.63) is 35.4 Å². The Hall–Kier alpha value is -0.920. The molecule has 0 saturated heterocycles. The minimum atomic E-state index is 0.494. The summed E-state index contributed by atoms with van der Waals surface area (Å²) in [6.07, 6.45) is 0. The van der Waals surface area contributed by atoms with Crippen LogP contribution >= 0.6 is 9.47 Å². The van der Waals surface area contributed by atoms with E-state index in [1.165, 1.54) is 0 Å². The van der Waals surface area contributed by atoms with Crippen molar-refractivity contribution in [2.75, 3.05) is 0 Å². The van der Waals surface area contributed by atoms with Gasteiger partial charge in [0.25, 0.3) is 0 Å². The average molecular weight is 227 g/mol. The summed E-state index contributed by atoms with van der Waals surface area (Å²) in [5, 5.41) is 11.8. The Kier molecular flexibility index (Phi) is 7.88. The van der Waals surface area contributed by atoms with Gasteiger partial charge in [-0.15, -0.1) is 0 Å². The second-order valence-corrected chi connectivity index (χ2v) is 2.99. The predicted octanol–water partition coefficient (Wildman–Crippen LogP) is 3.22. The topological polar surface area (TPSA) is 41.8 Å². The molecule has 0 radical (unpaired) electrons. The summed E-state index contributed by atoms with van der Waals surface area (Å²) in [6.45, 7) is 6.25. The molecule has 1 N–H and O–H groups in total. The first-order valence-corrected chi connectivity index (χ1v) is 5.35. The van der Waals surface area contributed by atoms with E-state index < -0.39 is 0 Å². The fourth-order valence-electron chi connectivity index (χ4n) is 1.14. The highest BCUT2D eigenvalue weighted by Gasteiger charge is 2.03. The molecule has 0 heterocycles. The summed E-state index contributed by atoms with van der Waals surface area (Å²) >= 11 is 0. The summed E-state index contributed by atoms with van der Waals surface area (Å²) in [4.78, 5) is 0. The SMILES string of the molecule is CC.CC(=NO)c1ccccc1COP. The van der Waals surface area contributed by atoms with E-state index in [1.54, 1.807) is 6.92 Å². The molecule has 0 fully saturated rings. The van der Waals surface area contributed by atoms with Crippen molar-refractivity contribution in [1.29, 1.82) is 0 Å². The van der Waals surface area contributed by atoms with Gasteiger partial charge in [-0.1, -0.05) is 43.3 Å². The molecular formula is C11H18NO2P. The molecule has 0 aliphatic heterocycles. The molecule has 0 aromatic heterocycles. The van der Waals surface area contributed by atoms with Crippen LogP contribution in [0.2, 0.25) is 0 Å². The molecule has 1 aromatic carbocycles. The Balaban J connectivity index is 0.000000921. The molecule has 1 atom stereocenters. The highest BCUT2D eigenvalue weighted by Crippen LogP contribution is 2.12. The van der Waals surface area contributed by atoms with Crippen LogP contribution in [0.15, 0.2) is 29.4 Å². The van der Waals surface area contributed by atoms with Gasteiger partial charge in [-0.05, 0) is 12.5 Å². The van der Waals surface area contributed by atoms with Gasteiger partial charge in [-0.25, -0.2) is 0 Å². The van der Waals surface area contributed by atoms with E-state index in [0.29, 0.717) is 12.3 Å². The first kappa shape index (κ1) is 14.1. The number of nitrogens with zero attached hydrogens (tertiary/aromatic N) is 1. The van der Waals surface area contributed by atoms with Gasteiger partial charge in [0.2, 0.25) is 0 Å². The molecule has 1 aromatic rings. The second kappa shape index (κ2) is 8.39. The summed E-state index contributed by atoms with van der Waals surface area (Å²) in [5.74, 6) is 0. The van der Waals surface area contributed by atoms with Crippen molar-refractivity contribution < 1.29 is 9.73 Å². The molecule has 84 valence electrons. The average Bonchev–Trinajstić information content (AvgIpc) is 2.32. The summed E-state index contributed by atoms with van der Waals surface area (Å²) in [6, 6.07) is 7.66. The van der Waals surface area contributed by atoms with Crippen LogP contribution in [0.1, 0.15) is 31.9 Å². The van der Waals surface area contributed by atoms with Crippen LogP contribution in [0.5, 0.6) is 0 Å². The van der Waals surface area contributed by atoms with Crippen LogP contribution in [0.4, 0.5) is 0 Å². The highest BCUT2D eigenvalue weighted by atomic mass is 31.0. The van der Waals surface area contributed by atoms with Gasteiger partial charge >= 0.3 is 0 Å². The molecule has 0 bridgehead atoms. The maximum absolute atomic E-state index is 8.62. The van der Waals surface area contributed by atoms with E-state index >= 15 is 0 Å². The molecular weight excluding hydrogens is 209 g/mol. The predicted molar refractivity (Wildman–Crippen MR) is 66.3 cm³/mol. The lowest BCUT2D eigenvalue weighted by Gasteiger charge is -2.06. The fraction of sp³-hybridized carbons (Fsp3) is 0.364. The molecule has 0 saturated carbocycles. The van der Waals surface area contributed by atoms with Crippen molar-refractivity contribution >= 4 is 15.2 Å². The van der Waals surface area contributed by atoms with Crippen LogP contribution < -0.4 is 0 Å². The van der Waals surface area contributed by atoms with Crippen LogP contribution in [0.3, 0.4) is 0 Å². The maximum Gasteiger partial charge on any atom is 0.0840 e. The number of hydrogen-bond donors (Lipinski definition) is 1. The van der Waals surface area contributed by atoms with Gasteiger partial charge in [0, 0.05) is 15.0 Å². The zero-order valence-corrected chi connectivity index (χ0v) is 10.6. The first-order valence-electron chi connectivity index (χ1n) is 4.88. The lowest BCUT2D eigenvalue weighted by Crippen LogP contribution is -2.00. The van der Waals surface area contributed by atoms with Crippen molar-refractivity contribution in [2.24, 2.45) is 5.16 Å². The minimum Gasteiger partial charge on any atom is -0.411 e. The van der Waals surface area contributed by atoms with Gasteiger partial charge in [0.1, 0.15) is 0 Å². The molecule has 0 spiro atoms. The number of benzene rings is 1. The zero-order valence-electron chi connectivity index (χ0n) is 9.40. The van der Waals surface area contributed by atoms with E-state index in [4.69, 9.17) is 9.73 Å². The molecule has 3 nitrogen and oxygen atoms in total. The molecule has 0 amide bonds. The molecule has 4 heteroatoms. The standard InChI is InChI=1S/C9H12NO2P.C2H6/c1-7(10-11)9-5-3-2-4-8(9)6-12-13;1-2/h2-5,11H,6,13H2,1H3;1-2H3. The third-order valence-electron chi connectivity index (χ3n) is 1.80. The van der Waals surface area contributed by atoms with Gasteiger partial charge in [0.05, 0.1) is 12.3 Å². The maximum atomic E-state index is 8.62. The largest absolute Gasteiger partial charge is 0.411 e. The van der Waals surface area contributed by atoms with Crippen LogP contribution in [0, 0.1) is 0 Å². The summed E-state index contributed by atoms with van der Waals surface area (Å²) in [5.41, 5.74) is 2.51. The Morgan fingerprint density at radius 2 is 2.00 bits per heavy atom. The van der Waals surface area contributed by atoms with Crippen LogP contribution in [-0.4, -0.2) is 10.9 Å². The number of rotatable bonds is 3. The smallest absolute Gasteiger partial charge is 0.0840 e. The number of oxime groups is 1. The van der Waals surface area contributed by atoms with Gasteiger partial charge < -0.3 is 9.73 Å². The third-order valence-corrected chi connectivity index (χ3v) is 1.96. The Bertz CT molecular complexity index is 313. The Morgan fingerprint density at radius 3 is 2.53 bits per heavy atom. The normalized spacial score (nSPS) is 10.5.